The molecule has 1 aromatic carbocycles. The Morgan fingerprint density at radius 3 is 2.48 bits per heavy atom. The van der Waals surface area contributed by atoms with E-state index in [9.17, 15) is 18.3 Å². The standard InChI is InChI=1S/C15H17ClF3NO2.ClH/c16-14-10(15(17,18)19)2-1-3-12(14)22-13-5-9-7-20-6-8(9)4-11(13)21;/h1-3,8-9,11,13,20-21H,4-7H2;1H/t8-,9+,11+,13+;/m0./s1. The Balaban J connectivity index is 0.00000192. The number of aliphatic hydroxyl groups is 1. The second-order valence-corrected chi connectivity index (χ2v) is 6.37. The van der Waals surface area contributed by atoms with Crippen molar-refractivity contribution in [1.29, 1.82) is 0 Å². The molecular formula is C15H18Cl2F3NO2. The molecule has 23 heavy (non-hydrogen) atoms. The van der Waals surface area contributed by atoms with E-state index in [1.165, 1.54) is 12.1 Å². The van der Waals surface area contributed by atoms with Crippen molar-refractivity contribution in [1.82, 2.24) is 5.32 Å². The number of alkyl halides is 3. The molecule has 0 unspecified atom stereocenters. The molecule has 1 aliphatic heterocycles. The largest absolute Gasteiger partial charge is 0.486 e. The van der Waals surface area contributed by atoms with Crippen LogP contribution in [0.5, 0.6) is 5.75 Å². The highest BCUT2D eigenvalue weighted by atomic mass is 35.5. The first-order valence-electron chi connectivity index (χ1n) is 7.27. The summed E-state index contributed by atoms with van der Waals surface area (Å²) in [5.74, 6) is 0.773. The van der Waals surface area contributed by atoms with Gasteiger partial charge in [-0.2, -0.15) is 13.2 Å². The zero-order valence-electron chi connectivity index (χ0n) is 12.1. The van der Waals surface area contributed by atoms with Crippen LogP contribution in [0.15, 0.2) is 18.2 Å². The molecule has 0 aromatic heterocycles. The van der Waals surface area contributed by atoms with Crippen molar-refractivity contribution in [2.75, 3.05) is 13.1 Å². The molecule has 0 radical (unpaired) electrons. The predicted octanol–water partition coefficient (Wildman–Crippen LogP) is 3.52. The van der Waals surface area contributed by atoms with Crippen LogP contribution in [0.3, 0.4) is 0 Å². The van der Waals surface area contributed by atoms with Crippen LogP contribution in [0.2, 0.25) is 5.02 Å². The lowest BCUT2D eigenvalue weighted by Gasteiger charge is -2.35. The summed E-state index contributed by atoms with van der Waals surface area (Å²) in [5.41, 5.74) is -0.919. The molecule has 1 aromatic rings. The van der Waals surface area contributed by atoms with Crippen LogP contribution in [0.25, 0.3) is 0 Å². The summed E-state index contributed by atoms with van der Waals surface area (Å²) in [5, 5.41) is 13.0. The molecule has 0 spiro atoms. The SMILES string of the molecule is Cl.O[C@@H]1C[C@H]2CNC[C@H]2C[C@H]1Oc1cccc(C(F)(F)F)c1Cl. The molecule has 3 nitrogen and oxygen atoms in total. The first kappa shape index (κ1) is 18.6. The zero-order chi connectivity index (χ0) is 15.9. The highest BCUT2D eigenvalue weighted by Gasteiger charge is 2.40. The van der Waals surface area contributed by atoms with E-state index in [1.807, 2.05) is 0 Å². The van der Waals surface area contributed by atoms with Gasteiger partial charge in [-0.1, -0.05) is 17.7 Å². The van der Waals surface area contributed by atoms with Crippen molar-refractivity contribution in [3.63, 3.8) is 0 Å². The van der Waals surface area contributed by atoms with Gasteiger partial charge in [0.1, 0.15) is 11.9 Å². The minimum Gasteiger partial charge on any atom is -0.486 e. The maximum absolute atomic E-state index is 12.9. The summed E-state index contributed by atoms with van der Waals surface area (Å²) in [7, 11) is 0. The van der Waals surface area contributed by atoms with Gasteiger partial charge in [0.2, 0.25) is 0 Å². The lowest BCUT2D eigenvalue weighted by atomic mass is 9.78. The first-order chi connectivity index (χ1) is 10.4. The van der Waals surface area contributed by atoms with E-state index < -0.39 is 29.0 Å². The fraction of sp³-hybridized carbons (Fsp3) is 0.600. The maximum atomic E-state index is 12.9. The van der Waals surface area contributed by atoms with Crippen LogP contribution in [-0.4, -0.2) is 30.4 Å². The quantitative estimate of drug-likeness (QED) is 0.835. The van der Waals surface area contributed by atoms with E-state index in [0.717, 1.165) is 19.2 Å². The van der Waals surface area contributed by atoms with Crippen LogP contribution >= 0.6 is 24.0 Å². The molecule has 3 rings (SSSR count). The average molecular weight is 372 g/mol. The third-order valence-electron chi connectivity index (χ3n) is 4.54. The van der Waals surface area contributed by atoms with Crippen molar-refractivity contribution >= 4 is 24.0 Å². The minimum absolute atomic E-state index is 0. The van der Waals surface area contributed by atoms with Gasteiger partial charge < -0.3 is 15.2 Å². The summed E-state index contributed by atoms with van der Waals surface area (Å²) in [6, 6.07) is 3.59. The molecule has 0 bridgehead atoms. The van der Waals surface area contributed by atoms with Gasteiger partial charge in [0, 0.05) is 0 Å². The molecule has 1 saturated heterocycles. The second-order valence-electron chi connectivity index (χ2n) is 5.99. The fourth-order valence-electron chi connectivity index (χ4n) is 3.37. The van der Waals surface area contributed by atoms with E-state index in [0.29, 0.717) is 24.7 Å². The lowest BCUT2D eigenvalue weighted by molar-refractivity contribution is -0.137. The molecular weight excluding hydrogens is 354 g/mol. The third kappa shape index (κ3) is 3.87. The van der Waals surface area contributed by atoms with Gasteiger partial charge in [-0.05, 0) is 49.9 Å². The Labute approximate surface area is 143 Å². The topological polar surface area (TPSA) is 41.5 Å². The van der Waals surface area contributed by atoms with Gasteiger partial charge in [-0.25, -0.2) is 0 Å². The van der Waals surface area contributed by atoms with Crippen LogP contribution < -0.4 is 10.1 Å². The van der Waals surface area contributed by atoms with Crippen LogP contribution in [0.4, 0.5) is 13.2 Å². The molecule has 1 saturated carbocycles. The highest BCUT2D eigenvalue weighted by molar-refractivity contribution is 6.32. The van der Waals surface area contributed by atoms with E-state index in [2.05, 4.69) is 5.32 Å². The minimum atomic E-state index is -4.53. The number of aliphatic hydroxyl groups excluding tert-OH is 1. The van der Waals surface area contributed by atoms with Gasteiger partial charge in [0.05, 0.1) is 16.7 Å². The molecule has 1 heterocycles. The summed E-state index contributed by atoms with van der Waals surface area (Å²) in [4.78, 5) is 0. The Morgan fingerprint density at radius 1 is 1.17 bits per heavy atom. The number of hydrogen-bond donors (Lipinski definition) is 2. The monoisotopic (exact) mass is 371 g/mol. The molecule has 130 valence electrons. The van der Waals surface area contributed by atoms with Gasteiger partial charge in [-0.15, -0.1) is 12.4 Å². The Morgan fingerprint density at radius 2 is 1.83 bits per heavy atom. The van der Waals surface area contributed by atoms with Gasteiger partial charge in [0.15, 0.2) is 0 Å². The van der Waals surface area contributed by atoms with Gasteiger partial charge in [0.25, 0.3) is 0 Å². The summed E-state index contributed by atoms with van der Waals surface area (Å²) >= 11 is 5.83. The van der Waals surface area contributed by atoms with Crippen molar-refractivity contribution in [2.24, 2.45) is 11.8 Å². The third-order valence-corrected chi connectivity index (χ3v) is 4.93. The number of fused-ring (bicyclic) bond motifs is 1. The number of halogens is 5. The van der Waals surface area contributed by atoms with Crippen molar-refractivity contribution in [3.05, 3.63) is 28.8 Å². The molecule has 2 aliphatic rings. The van der Waals surface area contributed by atoms with Crippen LogP contribution in [0.1, 0.15) is 18.4 Å². The average Bonchev–Trinajstić information content (AvgIpc) is 2.87. The van der Waals surface area contributed by atoms with E-state index >= 15 is 0 Å². The fourth-order valence-corrected chi connectivity index (χ4v) is 3.64. The van der Waals surface area contributed by atoms with E-state index in [-0.39, 0.29) is 18.2 Å². The molecule has 2 fully saturated rings. The highest BCUT2D eigenvalue weighted by Crippen LogP contribution is 2.41. The normalized spacial score (nSPS) is 30.5. The van der Waals surface area contributed by atoms with Crippen molar-refractivity contribution in [2.45, 2.75) is 31.2 Å². The molecule has 0 amide bonds. The number of hydrogen-bond acceptors (Lipinski definition) is 3. The number of rotatable bonds is 2. The van der Waals surface area contributed by atoms with E-state index in [4.69, 9.17) is 16.3 Å². The molecule has 2 N–H and O–H groups in total. The molecule has 1 aliphatic carbocycles. The van der Waals surface area contributed by atoms with Crippen LogP contribution in [-0.2, 0) is 6.18 Å². The van der Waals surface area contributed by atoms with Crippen molar-refractivity contribution < 1.29 is 23.0 Å². The zero-order valence-corrected chi connectivity index (χ0v) is 13.7. The van der Waals surface area contributed by atoms with Crippen LogP contribution in [0, 0.1) is 11.8 Å². The maximum Gasteiger partial charge on any atom is 0.417 e. The predicted molar refractivity (Wildman–Crippen MR) is 83.2 cm³/mol. The Bertz CT molecular complexity index is 556. The van der Waals surface area contributed by atoms with Gasteiger partial charge >= 0.3 is 6.18 Å². The number of benzene rings is 1. The summed E-state index contributed by atoms with van der Waals surface area (Å²) < 4.78 is 44.2. The smallest absolute Gasteiger partial charge is 0.417 e. The second kappa shape index (κ2) is 7.05. The number of ether oxygens (including phenoxy) is 1. The number of nitrogens with one attached hydrogen (secondary N) is 1. The van der Waals surface area contributed by atoms with Gasteiger partial charge in [-0.3, -0.25) is 0 Å². The molecule has 8 heteroatoms. The Hall–Kier alpha value is -0.690. The lowest BCUT2D eigenvalue weighted by Crippen LogP contribution is -2.42. The molecule has 4 atom stereocenters. The Kier molecular flexibility index (Phi) is 5.72. The van der Waals surface area contributed by atoms with Crippen molar-refractivity contribution in [3.8, 4) is 5.75 Å². The summed E-state index contributed by atoms with van der Waals surface area (Å²) in [6.45, 7) is 1.73. The van der Waals surface area contributed by atoms with E-state index in [1.54, 1.807) is 0 Å². The first-order valence-corrected chi connectivity index (χ1v) is 7.65. The summed E-state index contributed by atoms with van der Waals surface area (Å²) in [6.07, 6.45) is -4.53.